The zero-order valence-electron chi connectivity index (χ0n) is 9.44. The Bertz CT molecular complexity index is 540. The second-order valence-corrected chi connectivity index (χ2v) is 5.29. The van der Waals surface area contributed by atoms with Crippen molar-refractivity contribution in [2.45, 2.75) is 18.8 Å². The van der Waals surface area contributed by atoms with Crippen LogP contribution in [-0.2, 0) is 0 Å². The summed E-state index contributed by atoms with van der Waals surface area (Å²) < 4.78 is 3.22. The molecule has 1 aliphatic carbocycles. The van der Waals surface area contributed by atoms with Crippen molar-refractivity contribution in [1.82, 2.24) is 9.38 Å². The van der Waals surface area contributed by atoms with Crippen LogP contribution in [0.1, 0.15) is 24.6 Å². The Hall–Kier alpha value is -1.03. The van der Waals surface area contributed by atoms with E-state index in [0.29, 0.717) is 5.92 Å². The van der Waals surface area contributed by atoms with Gasteiger partial charge in [0.25, 0.3) is 0 Å². The first-order chi connectivity index (χ1) is 7.68. The average molecular weight is 280 g/mol. The maximum atomic E-state index is 4.65. The van der Waals surface area contributed by atoms with Gasteiger partial charge in [-0.05, 0) is 40.9 Å². The van der Waals surface area contributed by atoms with Gasteiger partial charge in [0.15, 0.2) is 0 Å². The van der Waals surface area contributed by atoms with E-state index in [9.17, 15) is 0 Å². The van der Waals surface area contributed by atoms with Crippen LogP contribution in [0.3, 0.4) is 0 Å². The zero-order valence-corrected chi connectivity index (χ0v) is 11.0. The normalized spacial score (nSPS) is 15.7. The number of anilines is 1. The van der Waals surface area contributed by atoms with Crippen LogP contribution in [0.25, 0.3) is 5.52 Å². The van der Waals surface area contributed by atoms with Gasteiger partial charge < -0.3 is 4.90 Å². The van der Waals surface area contributed by atoms with Gasteiger partial charge in [-0.25, -0.2) is 4.98 Å². The molecule has 1 saturated carbocycles. The first-order valence-electron chi connectivity index (χ1n) is 5.52. The summed E-state index contributed by atoms with van der Waals surface area (Å²) in [5, 5.41) is 0. The van der Waals surface area contributed by atoms with Crippen molar-refractivity contribution in [3.05, 3.63) is 28.6 Å². The molecule has 0 radical (unpaired) electrons. The fourth-order valence-electron chi connectivity index (χ4n) is 2.07. The molecule has 0 aliphatic heterocycles. The monoisotopic (exact) mass is 279 g/mol. The third-order valence-corrected chi connectivity index (χ3v) is 3.61. The highest BCUT2D eigenvalue weighted by Crippen LogP contribution is 2.41. The number of pyridine rings is 1. The molecule has 0 bridgehead atoms. The molecule has 0 atom stereocenters. The van der Waals surface area contributed by atoms with E-state index in [4.69, 9.17) is 0 Å². The number of imidazole rings is 1. The Balaban J connectivity index is 2.33. The molecule has 0 aromatic carbocycles. The second kappa shape index (κ2) is 3.48. The molecule has 1 aliphatic rings. The van der Waals surface area contributed by atoms with E-state index in [1.54, 1.807) is 0 Å². The summed E-state index contributed by atoms with van der Waals surface area (Å²) >= 11 is 3.55. The first-order valence-corrected chi connectivity index (χ1v) is 6.32. The lowest BCUT2D eigenvalue weighted by molar-refractivity contribution is 0.897. The van der Waals surface area contributed by atoms with Gasteiger partial charge in [0.2, 0.25) is 0 Å². The predicted molar refractivity (Wildman–Crippen MR) is 69.2 cm³/mol. The van der Waals surface area contributed by atoms with Crippen LogP contribution < -0.4 is 4.90 Å². The summed E-state index contributed by atoms with van der Waals surface area (Å²) in [6, 6.07) is 6.32. The molecular formula is C12H14BrN3. The van der Waals surface area contributed by atoms with Crippen molar-refractivity contribution in [3.8, 4) is 0 Å². The summed E-state index contributed by atoms with van der Waals surface area (Å²) in [4.78, 5) is 6.78. The topological polar surface area (TPSA) is 20.5 Å². The zero-order chi connectivity index (χ0) is 11.3. The fraction of sp³-hybridized carbons (Fsp3) is 0.417. The first kappa shape index (κ1) is 10.1. The maximum Gasteiger partial charge on any atom is 0.132 e. The lowest BCUT2D eigenvalue weighted by atomic mass is 10.3. The highest BCUT2D eigenvalue weighted by atomic mass is 79.9. The molecule has 0 unspecified atom stereocenters. The van der Waals surface area contributed by atoms with E-state index in [1.807, 2.05) is 0 Å². The van der Waals surface area contributed by atoms with Gasteiger partial charge in [0.1, 0.15) is 16.2 Å². The van der Waals surface area contributed by atoms with Crippen LogP contribution >= 0.6 is 15.9 Å². The van der Waals surface area contributed by atoms with Gasteiger partial charge in [0, 0.05) is 20.0 Å². The molecule has 2 aromatic heterocycles. The highest BCUT2D eigenvalue weighted by Gasteiger charge is 2.29. The quantitative estimate of drug-likeness (QED) is 0.842. The molecule has 0 spiro atoms. The second-order valence-electron chi connectivity index (χ2n) is 4.53. The molecule has 3 rings (SSSR count). The van der Waals surface area contributed by atoms with E-state index in [0.717, 1.165) is 10.1 Å². The van der Waals surface area contributed by atoms with Crippen molar-refractivity contribution in [3.63, 3.8) is 0 Å². The van der Waals surface area contributed by atoms with Gasteiger partial charge in [-0.1, -0.05) is 6.07 Å². The van der Waals surface area contributed by atoms with E-state index < -0.39 is 0 Å². The number of rotatable bonds is 2. The van der Waals surface area contributed by atoms with Crippen molar-refractivity contribution in [2.75, 3.05) is 19.0 Å². The summed E-state index contributed by atoms with van der Waals surface area (Å²) in [5.74, 6) is 3.05. The van der Waals surface area contributed by atoms with Crippen LogP contribution in [0.4, 0.5) is 5.82 Å². The minimum absolute atomic E-state index is 0.653. The van der Waals surface area contributed by atoms with Crippen LogP contribution in [-0.4, -0.2) is 23.5 Å². The maximum absolute atomic E-state index is 4.65. The van der Waals surface area contributed by atoms with Crippen LogP contribution in [0, 0.1) is 0 Å². The Morgan fingerprint density at radius 1 is 1.38 bits per heavy atom. The molecule has 2 aromatic rings. The molecule has 2 heterocycles. The van der Waals surface area contributed by atoms with Crippen molar-refractivity contribution >= 4 is 27.3 Å². The van der Waals surface area contributed by atoms with Crippen molar-refractivity contribution in [1.29, 1.82) is 0 Å². The Kier molecular flexibility index (Phi) is 2.21. The van der Waals surface area contributed by atoms with Gasteiger partial charge in [0.05, 0.1) is 5.52 Å². The Morgan fingerprint density at radius 3 is 2.75 bits per heavy atom. The minimum Gasteiger partial charge on any atom is -0.364 e. The number of aromatic nitrogens is 2. The summed E-state index contributed by atoms with van der Waals surface area (Å²) in [6.45, 7) is 0. The number of fused-ring (bicyclic) bond motifs is 1. The lowest BCUT2D eigenvalue weighted by Gasteiger charge is -2.16. The average Bonchev–Trinajstić information content (AvgIpc) is 3.04. The fourth-order valence-corrected chi connectivity index (χ4v) is 2.56. The van der Waals surface area contributed by atoms with Crippen molar-refractivity contribution < 1.29 is 0 Å². The molecule has 0 amide bonds. The predicted octanol–water partition coefficient (Wildman–Crippen LogP) is 3.04. The minimum atomic E-state index is 0.653. The third-order valence-electron chi connectivity index (χ3n) is 3.02. The van der Waals surface area contributed by atoms with Crippen LogP contribution in [0.15, 0.2) is 22.8 Å². The molecule has 0 N–H and O–H groups in total. The Morgan fingerprint density at radius 2 is 2.12 bits per heavy atom. The van der Waals surface area contributed by atoms with Crippen molar-refractivity contribution in [2.24, 2.45) is 0 Å². The Labute approximate surface area is 103 Å². The van der Waals surface area contributed by atoms with Gasteiger partial charge in [-0.15, -0.1) is 0 Å². The number of hydrogen-bond acceptors (Lipinski definition) is 2. The van der Waals surface area contributed by atoms with E-state index >= 15 is 0 Å². The van der Waals surface area contributed by atoms with E-state index in [-0.39, 0.29) is 0 Å². The summed E-state index contributed by atoms with van der Waals surface area (Å²) in [6.07, 6.45) is 2.54. The molecule has 4 heteroatoms. The third kappa shape index (κ3) is 1.44. The number of hydrogen-bond donors (Lipinski definition) is 0. The van der Waals surface area contributed by atoms with E-state index in [2.05, 4.69) is 62.5 Å². The highest BCUT2D eigenvalue weighted by molar-refractivity contribution is 9.10. The van der Waals surface area contributed by atoms with Gasteiger partial charge in [-0.2, -0.15) is 0 Å². The van der Waals surface area contributed by atoms with E-state index in [1.165, 1.54) is 24.5 Å². The molecule has 16 heavy (non-hydrogen) atoms. The molecule has 3 nitrogen and oxygen atoms in total. The van der Waals surface area contributed by atoms with Gasteiger partial charge in [-0.3, -0.25) is 4.40 Å². The summed E-state index contributed by atoms with van der Waals surface area (Å²) in [7, 11) is 4.14. The SMILES string of the molecule is CN(C)c1cccc2c(Br)nc(C3CC3)n12. The lowest BCUT2D eigenvalue weighted by Crippen LogP contribution is -2.13. The van der Waals surface area contributed by atoms with Crippen LogP contribution in [0.5, 0.6) is 0 Å². The molecule has 1 fully saturated rings. The molecular weight excluding hydrogens is 266 g/mol. The van der Waals surface area contributed by atoms with Gasteiger partial charge >= 0.3 is 0 Å². The largest absolute Gasteiger partial charge is 0.364 e. The number of halogens is 1. The number of nitrogens with zero attached hydrogens (tertiary/aromatic N) is 3. The standard InChI is InChI=1S/C12H14BrN3/c1-15(2)10-5-3-4-9-11(13)14-12(16(9)10)8-6-7-8/h3-5,8H,6-7H2,1-2H3. The summed E-state index contributed by atoms with van der Waals surface area (Å²) in [5.41, 5.74) is 1.16. The molecule has 0 saturated heterocycles. The smallest absolute Gasteiger partial charge is 0.132 e. The molecule has 84 valence electrons. The van der Waals surface area contributed by atoms with Crippen LogP contribution in [0.2, 0.25) is 0 Å².